The lowest BCUT2D eigenvalue weighted by Crippen LogP contribution is -2.42. The predicted molar refractivity (Wildman–Crippen MR) is 103 cm³/mol. The topological polar surface area (TPSA) is 69.2 Å². The summed E-state index contributed by atoms with van der Waals surface area (Å²) in [6.07, 6.45) is 0.861. The highest BCUT2D eigenvalue weighted by molar-refractivity contribution is 5.91. The smallest absolute Gasteiger partial charge is 0.284 e. The molecule has 0 spiro atoms. The number of methoxy groups -OCH3 is 1. The molecule has 3 aromatic carbocycles. The van der Waals surface area contributed by atoms with E-state index in [9.17, 15) is 4.79 Å². The molecule has 0 aromatic heterocycles. The minimum atomic E-state index is -0.735. The van der Waals surface area contributed by atoms with Crippen LogP contribution >= 0.6 is 0 Å². The second-order valence-corrected chi connectivity index (χ2v) is 6.07. The van der Waals surface area contributed by atoms with E-state index in [4.69, 9.17) is 14.2 Å². The summed E-state index contributed by atoms with van der Waals surface area (Å²) in [5, 5.41) is 6.16. The van der Waals surface area contributed by atoms with Crippen molar-refractivity contribution in [2.45, 2.75) is 6.10 Å². The van der Waals surface area contributed by atoms with Gasteiger partial charge in [-0.2, -0.15) is 5.10 Å². The molecule has 0 bridgehead atoms. The number of carbonyl (C=O) groups is 1. The maximum atomic E-state index is 12.2. The molecule has 4 rings (SSSR count). The first-order valence-electron chi connectivity index (χ1n) is 8.52. The number of para-hydroxylation sites is 2. The van der Waals surface area contributed by atoms with E-state index < -0.39 is 6.10 Å². The van der Waals surface area contributed by atoms with Gasteiger partial charge < -0.3 is 14.2 Å². The Hall–Kier alpha value is -3.54. The number of nitrogens with zero attached hydrogens (tertiary/aromatic N) is 1. The zero-order chi connectivity index (χ0) is 18.6. The molecule has 1 N–H and O–H groups in total. The van der Waals surface area contributed by atoms with Crippen molar-refractivity contribution in [2.24, 2.45) is 5.10 Å². The number of carbonyl (C=O) groups excluding carboxylic acids is 1. The number of nitrogens with one attached hydrogen (secondary N) is 1. The first-order valence-corrected chi connectivity index (χ1v) is 8.52. The second kappa shape index (κ2) is 7.37. The largest absolute Gasteiger partial charge is 0.497 e. The third-order valence-corrected chi connectivity index (χ3v) is 4.26. The van der Waals surface area contributed by atoms with Crippen LogP contribution in [0.2, 0.25) is 0 Å². The molecule has 0 saturated heterocycles. The molecular weight excluding hydrogens is 344 g/mol. The van der Waals surface area contributed by atoms with E-state index in [1.54, 1.807) is 25.5 Å². The quantitative estimate of drug-likeness (QED) is 0.572. The van der Waals surface area contributed by atoms with Crippen molar-refractivity contribution in [3.63, 3.8) is 0 Å². The number of fused-ring (bicyclic) bond motifs is 2. The van der Waals surface area contributed by atoms with Gasteiger partial charge in [0.2, 0.25) is 6.10 Å². The van der Waals surface area contributed by atoms with Crippen molar-refractivity contribution < 1.29 is 19.0 Å². The summed E-state index contributed by atoms with van der Waals surface area (Å²) in [4.78, 5) is 12.2. The first-order chi connectivity index (χ1) is 13.2. The SMILES string of the molecule is COc1ccc2cc(/C=N\NC(=O)[C@H]3COc4ccccc4O3)ccc2c1. The molecule has 0 aliphatic carbocycles. The van der Waals surface area contributed by atoms with E-state index in [2.05, 4.69) is 10.5 Å². The Bertz CT molecular complexity index is 1020. The van der Waals surface area contributed by atoms with Crippen LogP contribution in [-0.4, -0.2) is 31.9 Å². The second-order valence-electron chi connectivity index (χ2n) is 6.07. The fraction of sp³-hybridized carbons (Fsp3) is 0.143. The average molecular weight is 362 g/mol. The van der Waals surface area contributed by atoms with Gasteiger partial charge in [0.1, 0.15) is 12.4 Å². The van der Waals surface area contributed by atoms with E-state index in [1.807, 2.05) is 48.5 Å². The highest BCUT2D eigenvalue weighted by Crippen LogP contribution is 2.30. The molecule has 136 valence electrons. The van der Waals surface area contributed by atoms with Crippen molar-refractivity contribution in [3.05, 3.63) is 66.2 Å². The van der Waals surface area contributed by atoms with Crippen LogP contribution in [-0.2, 0) is 4.79 Å². The summed E-state index contributed by atoms with van der Waals surface area (Å²) in [5.41, 5.74) is 3.38. The summed E-state index contributed by atoms with van der Waals surface area (Å²) in [6.45, 7) is 0.149. The summed E-state index contributed by atoms with van der Waals surface area (Å²) < 4.78 is 16.4. The number of ether oxygens (including phenoxy) is 3. The summed E-state index contributed by atoms with van der Waals surface area (Å²) in [7, 11) is 1.64. The third-order valence-electron chi connectivity index (χ3n) is 4.26. The number of hydrogen-bond donors (Lipinski definition) is 1. The number of rotatable bonds is 4. The average Bonchev–Trinajstić information content (AvgIpc) is 2.72. The van der Waals surface area contributed by atoms with Gasteiger partial charge in [-0.3, -0.25) is 4.79 Å². The van der Waals surface area contributed by atoms with E-state index in [0.717, 1.165) is 22.1 Å². The van der Waals surface area contributed by atoms with Crippen molar-refractivity contribution in [3.8, 4) is 17.2 Å². The molecule has 0 unspecified atom stereocenters. The lowest BCUT2D eigenvalue weighted by molar-refractivity contribution is -0.130. The molecule has 1 aliphatic heterocycles. The third kappa shape index (κ3) is 3.69. The highest BCUT2D eigenvalue weighted by atomic mass is 16.6. The first kappa shape index (κ1) is 16.9. The molecule has 3 aromatic rings. The summed E-state index contributed by atoms with van der Waals surface area (Å²) in [6, 6.07) is 19.0. The Kier molecular flexibility index (Phi) is 4.61. The molecule has 1 aliphatic rings. The fourth-order valence-corrected chi connectivity index (χ4v) is 2.84. The maximum Gasteiger partial charge on any atom is 0.284 e. The minimum Gasteiger partial charge on any atom is -0.497 e. The van der Waals surface area contributed by atoms with Crippen LogP contribution in [0.15, 0.2) is 65.8 Å². The van der Waals surface area contributed by atoms with E-state index in [1.165, 1.54) is 0 Å². The minimum absolute atomic E-state index is 0.149. The molecule has 1 amide bonds. The Morgan fingerprint density at radius 2 is 1.89 bits per heavy atom. The van der Waals surface area contributed by atoms with Gasteiger partial charge >= 0.3 is 0 Å². The van der Waals surface area contributed by atoms with Gasteiger partial charge in [-0.1, -0.05) is 30.3 Å². The standard InChI is InChI=1S/C21H18N2O4/c1-25-17-9-8-15-10-14(6-7-16(15)11-17)12-22-23-21(24)20-13-26-18-4-2-3-5-19(18)27-20/h2-12,20H,13H2,1H3,(H,23,24)/b22-12-/t20-/m1/s1. The summed E-state index contributed by atoms with van der Waals surface area (Å²) >= 11 is 0. The number of hydrogen-bond acceptors (Lipinski definition) is 5. The fourth-order valence-electron chi connectivity index (χ4n) is 2.84. The summed E-state index contributed by atoms with van der Waals surface area (Å²) in [5.74, 6) is 1.65. The molecule has 0 radical (unpaired) electrons. The molecule has 0 saturated carbocycles. The monoisotopic (exact) mass is 362 g/mol. The van der Waals surface area contributed by atoms with E-state index in [-0.39, 0.29) is 12.5 Å². The molecule has 6 heteroatoms. The zero-order valence-corrected chi connectivity index (χ0v) is 14.7. The lowest BCUT2D eigenvalue weighted by Gasteiger charge is -2.24. The van der Waals surface area contributed by atoms with Crippen molar-refractivity contribution >= 4 is 22.9 Å². The Morgan fingerprint density at radius 1 is 1.11 bits per heavy atom. The van der Waals surface area contributed by atoms with Crippen molar-refractivity contribution in [1.82, 2.24) is 5.43 Å². The van der Waals surface area contributed by atoms with Crippen LogP contribution in [0.3, 0.4) is 0 Å². The van der Waals surface area contributed by atoms with Gasteiger partial charge in [-0.15, -0.1) is 0 Å². The zero-order valence-electron chi connectivity index (χ0n) is 14.7. The van der Waals surface area contributed by atoms with Gasteiger partial charge in [-0.25, -0.2) is 5.43 Å². The van der Waals surface area contributed by atoms with Crippen LogP contribution < -0.4 is 19.6 Å². The van der Waals surface area contributed by atoms with Gasteiger partial charge in [0.05, 0.1) is 13.3 Å². The van der Waals surface area contributed by atoms with Crippen LogP contribution in [0.5, 0.6) is 17.2 Å². The van der Waals surface area contributed by atoms with Crippen molar-refractivity contribution in [2.75, 3.05) is 13.7 Å². The molecule has 0 fully saturated rings. The van der Waals surface area contributed by atoms with Crippen LogP contribution in [0.25, 0.3) is 10.8 Å². The number of hydrazone groups is 1. The molecular formula is C21H18N2O4. The van der Waals surface area contributed by atoms with Gasteiger partial charge in [0, 0.05) is 0 Å². The van der Waals surface area contributed by atoms with Crippen LogP contribution in [0.1, 0.15) is 5.56 Å². The molecule has 1 heterocycles. The normalized spacial score (nSPS) is 15.7. The molecule has 1 atom stereocenters. The Morgan fingerprint density at radius 3 is 2.74 bits per heavy atom. The Labute approximate surface area is 156 Å². The number of amides is 1. The Balaban J connectivity index is 1.40. The van der Waals surface area contributed by atoms with Crippen molar-refractivity contribution in [1.29, 1.82) is 0 Å². The highest BCUT2D eigenvalue weighted by Gasteiger charge is 2.26. The molecule has 6 nitrogen and oxygen atoms in total. The van der Waals surface area contributed by atoms with Crippen LogP contribution in [0.4, 0.5) is 0 Å². The van der Waals surface area contributed by atoms with E-state index in [0.29, 0.717) is 11.5 Å². The number of benzene rings is 3. The van der Waals surface area contributed by atoms with Crippen LogP contribution in [0, 0.1) is 0 Å². The lowest BCUT2D eigenvalue weighted by atomic mass is 10.1. The maximum absolute atomic E-state index is 12.2. The van der Waals surface area contributed by atoms with E-state index >= 15 is 0 Å². The van der Waals surface area contributed by atoms with Gasteiger partial charge in [0.15, 0.2) is 11.5 Å². The van der Waals surface area contributed by atoms with Gasteiger partial charge in [0.25, 0.3) is 5.91 Å². The van der Waals surface area contributed by atoms with Gasteiger partial charge in [-0.05, 0) is 46.7 Å². The molecule has 27 heavy (non-hydrogen) atoms. The predicted octanol–water partition coefficient (Wildman–Crippen LogP) is 3.14.